The number of nitrogens with zero attached hydrogens (tertiary/aromatic N) is 1. The highest BCUT2D eigenvalue weighted by atomic mass is 32.2. The molecular formula is C14H19N3OS. The molecule has 1 heterocycles. The second-order valence-corrected chi connectivity index (χ2v) is 5.54. The van der Waals surface area contributed by atoms with E-state index in [9.17, 15) is 4.79 Å². The molecule has 1 fully saturated rings. The number of rotatable bonds is 4. The summed E-state index contributed by atoms with van der Waals surface area (Å²) in [7, 11) is 0. The Balaban J connectivity index is 2.24. The number of hydrogen-bond donors (Lipinski definition) is 2. The van der Waals surface area contributed by atoms with Gasteiger partial charge in [-0.1, -0.05) is 19.1 Å². The van der Waals surface area contributed by atoms with Gasteiger partial charge >= 0.3 is 0 Å². The SMILES string of the molecule is CCCN=C1NC(=O)C(C)(c2ccc(SC)cc2)N1. The van der Waals surface area contributed by atoms with Crippen molar-refractivity contribution in [2.45, 2.75) is 30.7 Å². The molecule has 102 valence electrons. The van der Waals surface area contributed by atoms with Gasteiger partial charge in [0.15, 0.2) is 5.96 Å². The van der Waals surface area contributed by atoms with Crippen LogP contribution in [-0.4, -0.2) is 24.7 Å². The first-order valence-electron chi connectivity index (χ1n) is 6.38. The quantitative estimate of drug-likeness (QED) is 0.829. The highest BCUT2D eigenvalue weighted by molar-refractivity contribution is 7.98. The van der Waals surface area contributed by atoms with Gasteiger partial charge in [0.2, 0.25) is 0 Å². The lowest BCUT2D eigenvalue weighted by molar-refractivity contribution is -0.123. The van der Waals surface area contributed by atoms with Crippen LogP contribution in [0.5, 0.6) is 0 Å². The van der Waals surface area contributed by atoms with Crippen molar-refractivity contribution < 1.29 is 4.79 Å². The number of nitrogens with one attached hydrogen (secondary N) is 2. The summed E-state index contributed by atoms with van der Waals surface area (Å²) in [4.78, 5) is 17.7. The molecule has 4 nitrogen and oxygen atoms in total. The highest BCUT2D eigenvalue weighted by Gasteiger charge is 2.42. The van der Waals surface area contributed by atoms with Crippen molar-refractivity contribution in [1.82, 2.24) is 10.6 Å². The van der Waals surface area contributed by atoms with Crippen molar-refractivity contribution in [3.8, 4) is 0 Å². The maximum Gasteiger partial charge on any atom is 0.256 e. The maximum absolute atomic E-state index is 12.2. The molecule has 0 saturated carbocycles. The van der Waals surface area contributed by atoms with Crippen LogP contribution >= 0.6 is 11.8 Å². The Morgan fingerprint density at radius 1 is 1.32 bits per heavy atom. The summed E-state index contributed by atoms with van der Waals surface area (Å²) in [5.41, 5.74) is 0.216. The summed E-state index contributed by atoms with van der Waals surface area (Å²) in [6.07, 6.45) is 2.99. The van der Waals surface area contributed by atoms with Crippen molar-refractivity contribution >= 4 is 23.6 Å². The fraction of sp³-hybridized carbons (Fsp3) is 0.429. The van der Waals surface area contributed by atoms with Gasteiger partial charge in [0.25, 0.3) is 5.91 Å². The first kappa shape index (κ1) is 13.9. The lowest BCUT2D eigenvalue weighted by Gasteiger charge is -2.21. The largest absolute Gasteiger partial charge is 0.338 e. The number of hydrogen-bond acceptors (Lipinski definition) is 3. The smallest absolute Gasteiger partial charge is 0.256 e. The van der Waals surface area contributed by atoms with E-state index < -0.39 is 5.54 Å². The first-order valence-corrected chi connectivity index (χ1v) is 7.61. The van der Waals surface area contributed by atoms with E-state index in [2.05, 4.69) is 22.5 Å². The Bertz CT molecular complexity index is 498. The molecule has 0 aromatic heterocycles. The first-order chi connectivity index (χ1) is 9.10. The molecule has 1 saturated heterocycles. The van der Waals surface area contributed by atoms with Crippen LogP contribution < -0.4 is 10.6 Å². The second kappa shape index (κ2) is 5.65. The fourth-order valence-electron chi connectivity index (χ4n) is 1.99. The number of thioether (sulfide) groups is 1. The Labute approximate surface area is 118 Å². The molecule has 1 aliphatic rings. The van der Waals surface area contributed by atoms with Crippen LogP contribution in [0, 0.1) is 0 Å². The van der Waals surface area contributed by atoms with Gasteiger partial charge in [0, 0.05) is 11.4 Å². The molecule has 1 atom stereocenters. The predicted octanol–water partition coefficient (Wildman–Crippen LogP) is 2.11. The van der Waals surface area contributed by atoms with Crippen LogP contribution in [0.15, 0.2) is 34.2 Å². The summed E-state index contributed by atoms with van der Waals surface area (Å²) in [5, 5.41) is 5.99. The van der Waals surface area contributed by atoms with Gasteiger partial charge in [-0.2, -0.15) is 0 Å². The molecule has 1 unspecified atom stereocenters. The normalized spacial score (nSPS) is 24.4. The number of aliphatic imine (C=N–C) groups is 1. The van der Waals surface area contributed by atoms with Crippen LogP contribution in [0.1, 0.15) is 25.8 Å². The van der Waals surface area contributed by atoms with E-state index in [1.165, 1.54) is 4.90 Å². The van der Waals surface area contributed by atoms with Gasteiger partial charge in [-0.05, 0) is 37.3 Å². The summed E-state index contributed by atoms with van der Waals surface area (Å²) in [6.45, 7) is 4.65. The Morgan fingerprint density at radius 2 is 2.00 bits per heavy atom. The predicted molar refractivity (Wildman–Crippen MR) is 79.4 cm³/mol. The Kier molecular flexibility index (Phi) is 4.14. The van der Waals surface area contributed by atoms with E-state index in [0.717, 1.165) is 12.0 Å². The molecule has 2 N–H and O–H groups in total. The Hall–Kier alpha value is -1.49. The van der Waals surface area contributed by atoms with E-state index in [4.69, 9.17) is 0 Å². The molecule has 1 aromatic carbocycles. The minimum Gasteiger partial charge on any atom is -0.338 e. The third kappa shape index (κ3) is 2.76. The van der Waals surface area contributed by atoms with Crippen LogP contribution in [0.3, 0.4) is 0 Å². The molecule has 1 aromatic rings. The monoisotopic (exact) mass is 277 g/mol. The second-order valence-electron chi connectivity index (χ2n) is 4.66. The number of benzene rings is 1. The molecule has 0 aliphatic carbocycles. The fourth-order valence-corrected chi connectivity index (χ4v) is 2.40. The van der Waals surface area contributed by atoms with Crippen molar-refractivity contribution in [3.05, 3.63) is 29.8 Å². The van der Waals surface area contributed by atoms with Gasteiger partial charge in [0.05, 0.1) is 0 Å². The molecular weight excluding hydrogens is 258 g/mol. The number of amides is 1. The molecule has 0 radical (unpaired) electrons. The minimum absolute atomic E-state index is 0.0562. The molecule has 5 heteroatoms. The lowest BCUT2D eigenvalue weighted by atomic mass is 9.92. The minimum atomic E-state index is -0.733. The molecule has 1 aliphatic heterocycles. The van der Waals surface area contributed by atoms with Crippen LogP contribution in [0.25, 0.3) is 0 Å². The van der Waals surface area contributed by atoms with Crippen molar-refractivity contribution in [2.24, 2.45) is 4.99 Å². The topological polar surface area (TPSA) is 53.5 Å². The van der Waals surface area contributed by atoms with Crippen LogP contribution in [-0.2, 0) is 10.3 Å². The zero-order valence-corrected chi connectivity index (χ0v) is 12.3. The van der Waals surface area contributed by atoms with Crippen LogP contribution in [0.4, 0.5) is 0 Å². The lowest BCUT2D eigenvalue weighted by Crippen LogP contribution is -2.40. The van der Waals surface area contributed by atoms with E-state index >= 15 is 0 Å². The molecule has 2 rings (SSSR count). The van der Waals surface area contributed by atoms with E-state index in [1.807, 2.05) is 37.4 Å². The standard InChI is InChI=1S/C14H19N3OS/c1-4-9-15-13-16-12(18)14(2,17-13)10-5-7-11(19-3)8-6-10/h5-8H,4,9H2,1-3H3,(H2,15,16,17,18). The third-order valence-electron chi connectivity index (χ3n) is 3.22. The average Bonchev–Trinajstić information content (AvgIpc) is 2.73. The van der Waals surface area contributed by atoms with Gasteiger partial charge in [0.1, 0.15) is 5.54 Å². The van der Waals surface area contributed by atoms with Gasteiger partial charge in [-0.25, -0.2) is 0 Å². The summed E-state index contributed by atoms with van der Waals surface area (Å²) in [5.74, 6) is 0.516. The number of guanidine groups is 1. The number of carbonyl (C=O) groups is 1. The molecule has 0 bridgehead atoms. The van der Waals surface area contributed by atoms with Crippen molar-refractivity contribution in [1.29, 1.82) is 0 Å². The summed E-state index contributed by atoms with van der Waals surface area (Å²) in [6, 6.07) is 8.03. The zero-order chi connectivity index (χ0) is 13.9. The van der Waals surface area contributed by atoms with E-state index in [-0.39, 0.29) is 5.91 Å². The van der Waals surface area contributed by atoms with E-state index in [0.29, 0.717) is 12.5 Å². The van der Waals surface area contributed by atoms with Gasteiger partial charge in [-0.3, -0.25) is 15.1 Å². The third-order valence-corrected chi connectivity index (χ3v) is 3.96. The van der Waals surface area contributed by atoms with Crippen molar-refractivity contribution in [3.63, 3.8) is 0 Å². The molecule has 0 spiro atoms. The van der Waals surface area contributed by atoms with E-state index in [1.54, 1.807) is 11.8 Å². The Morgan fingerprint density at radius 3 is 2.58 bits per heavy atom. The van der Waals surface area contributed by atoms with Crippen LogP contribution in [0.2, 0.25) is 0 Å². The zero-order valence-electron chi connectivity index (χ0n) is 11.5. The average molecular weight is 277 g/mol. The maximum atomic E-state index is 12.2. The molecule has 1 amide bonds. The number of carbonyl (C=O) groups excluding carboxylic acids is 1. The summed E-state index contributed by atoms with van der Waals surface area (Å²) < 4.78 is 0. The summed E-state index contributed by atoms with van der Waals surface area (Å²) >= 11 is 1.69. The van der Waals surface area contributed by atoms with Gasteiger partial charge < -0.3 is 5.32 Å². The highest BCUT2D eigenvalue weighted by Crippen LogP contribution is 2.26. The molecule has 19 heavy (non-hydrogen) atoms. The van der Waals surface area contributed by atoms with Gasteiger partial charge in [-0.15, -0.1) is 11.8 Å². The van der Waals surface area contributed by atoms with Crippen molar-refractivity contribution in [2.75, 3.05) is 12.8 Å².